The number of hydrogen-bond acceptors (Lipinski definition) is 8. The van der Waals surface area contributed by atoms with E-state index in [4.69, 9.17) is 20.9 Å². The van der Waals surface area contributed by atoms with E-state index in [1.807, 2.05) is 35.2 Å². The van der Waals surface area contributed by atoms with Gasteiger partial charge in [0.15, 0.2) is 11.5 Å². The number of nitrogens with two attached hydrogens (primary N) is 2. The molecule has 5 rings (SSSR count). The van der Waals surface area contributed by atoms with Gasteiger partial charge in [-0.3, -0.25) is 4.79 Å². The molecular formula is C31H28N6O3. The number of amides is 1. The number of hydrogen-bond donors (Lipinski definition) is 2. The Balaban J connectivity index is 1.53. The molecule has 0 spiro atoms. The van der Waals surface area contributed by atoms with Crippen LogP contribution in [0, 0.1) is 11.3 Å². The lowest BCUT2D eigenvalue weighted by atomic mass is 9.88. The van der Waals surface area contributed by atoms with Crippen LogP contribution in [-0.4, -0.2) is 41.5 Å². The molecule has 0 aliphatic carbocycles. The molecule has 9 heteroatoms. The van der Waals surface area contributed by atoms with E-state index in [2.05, 4.69) is 28.2 Å². The number of carbonyl (C=O) groups is 1. The van der Waals surface area contributed by atoms with Crippen molar-refractivity contribution >= 4 is 23.7 Å². The van der Waals surface area contributed by atoms with Gasteiger partial charge in [0.2, 0.25) is 11.9 Å². The fourth-order valence-electron chi connectivity index (χ4n) is 5.07. The zero-order valence-corrected chi connectivity index (χ0v) is 22.2. The average Bonchev–Trinajstić information content (AvgIpc) is 2.98. The highest BCUT2D eigenvalue weighted by molar-refractivity contribution is 5.93. The first-order valence-corrected chi connectivity index (χ1v) is 12.6. The summed E-state index contributed by atoms with van der Waals surface area (Å²) in [7, 11) is 3.08. The molecule has 1 amide bonds. The lowest BCUT2D eigenvalue weighted by Gasteiger charge is -2.37. The van der Waals surface area contributed by atoms with Gasteiger partial charge in [0, 0.05) is 29.9 Å². The summed E-state index contributed by atoms with van der Waals surface area (Å²) < 4.78 is 11.2. The fourth-order valence-corrected chi connectivity index (χ4v) is 5.07. The van der Waals surface area contributed by atoms with E-state index in [1.165, 1.54) is 18.7 Å². The van der Waals surface area contributed by atoms with E-state index in [0.29, 0.717) is 40.3 Å². The lowest BCUT2D eigenvalue weighted by molar-refractivity contribution is -0.127. The molecule has 1 aliphatic rings. The van der Waals surface area contributed by atoms with Crippen LogP contribution < -0.4 is 20.9 Å². The summed E-state index contributed by atoms with van der Waals surface area (Å²) in [6.07, 6.45) is 5.53. The van der Waals surface area contributed by atoms with Crippen molar-refractivity contribution in [2.45, 2.75) is 12.5 Å². The molecule has 0 fully saturated rings. The number of anilines is 2. The summed E-state index contributed by atoms with van der Waals surface area (Å²) in [5.41, 5.74) is 17.4. The van der Waals surface area contributed by atoms with Crippen LogP contribution in [0.3, 0.4) is 0 Å². The minimum absolute atomic E-state index is 0.0763. The van der Waals surface area contributed by atoms with E-state index in [0.717, 1.165) is 17.5 Å². The second-order valence-corrected chi connectivity index (χ2v) is 9.28. The number of fused-ring (bicyclic) bond motifs is 1. The Morgan fingerprint density at radius 1 is 1.10 bits per heavy atom. The summed E-state index contributed by atoms with van der Waals surface area (Å²) in [5, 5.41) is 9.25. The third-order valence-electron chi connectivity index (χ3n) is 6.98. The van der Waals surface area contributed by atoms with E-state index < -0.39 is 0 Å². The van der Waals surface area contributed by atoms with Crippen molar-refractivity contribution < 1.29 is 14.3 Å². The number of carbonyl (C=O) groups excluding carboxylic acids is 1. The second-order valence-electron chi connectivity index (χ2n) is 9.28. The molecule has 0 radical (unpaired) electrons. The minimum Gasteiger partial charge on any atom is -0.493 e. The Hall–Kier alpha value is -5.36. The van der Waals surface area contributed by atoms with Gasteiger partial charge in [-0.25, -0.2) is 4.98 Å². The number of aromatic nitrogens is 2. The smallest absolute Gasteiger partial charge is 0.247 e. The number of ether oxygens (including phenoxy) is 2. The van der Waals surface area contributed by atoms with E-state index in [1.54, 1.807) is 37.6 Å². The molecule has 9 nitrogen and oxygen atoms in total. The van der Waals surface area contributed by atoms with Crippen LogP contribution in [0.1, 0.15) is 33.9 Å². The summed E-state index contributed by atoms with van der Waals surface area (Å²) >= 11 is 0. The maximum absolute atomic E-state index is 13.7. The van der Waals surface area contributed by atoms with Crippen molar-refractivity contribution in [3.05, 3.63) is 101 Å². The third-order valence-corrected chi connectivity index (χ3v) is 6.98. The van der Waals surface area contributed by atoms with Crippen LogP contribution in [0.4, 0.5) is 11.8 Å². The zero-order chi connectivity index (χ0) is 28.2. The molecule has 1 aliphatic heterocycles. The molecule has 2 heterocycles. The molecule has 4 aromatic rings. The molecule has 4 N–H and O–H groups in total. The number of nitrogens with zero attached hydrogens (tertiary/aromatic N) is 4. The van der Waals surface area contributed by atoms with Gasteiger partial charge in [-0.2, -0.15) is 10.2 Å². The number of methoxy groups -OCH3 is 2. The largest absolute Gasteiger partial charge is 0.493 e. The van der Waals surface area contributed by atoms with E-state index in [-0.39, 0.29) is 23.7 Å². The van der Waals surface area contributed by atoms with Crippen LogP contribution in [0.5, 0.6) is 11.5 Å². The van der Waals surface area contributed by atoms with E-state index >= 15 is 0 Å². The predicted molar refractivity (Wildman–Crippen MR) is 153 cm³/mol. The first kappa shape index (κ1) is 26.3. The quantitative estimate of drug-likeness (QED) is 0.349. The van der Waals surface area contributed by atoms with Gasteiger partial charge in [-0.15, -0.1) is 0 Å². The Morgan fingerprint density at radius 2 is 1.88 bits per heavy atom. The number of benzene rings is 3. The first-order chi connectivity index (χ1) is 19.4. The summed E-state index contributed by atoms with van der Waals surface area (Å²) in [4.78, 5) is 23.7. The number of rotatable bonds is 6. The van der Waals surface area contributed by atoms with Crippen molar-refractivity contribution in [3.8, 4) is 28.7 Å². The highest BCUT2D eigenvalue weighted by atomic mass is 16.5. The van der Waals surface area contributed by atoms with Crippen LogP contribution in [0.15, 0.2) is 72.9 Å². The van der Waals surface area contributed by atoms with Crippen molar-refractivity contribution in [2.24, 2.45) is 0 Å². The maximum atomic E-state index is 13.7. The third kappa shape index (κ3) is 5.02. The highest BCUT2D eigenvalue weighted by Crippen LogP contribution is 2.39. The van der Waals surface area contributed by atoms with Crippen LogP contribution in [0.2, 0.25) is 0 Å². The molecular weight excluding hydrogens is 504 g/mol. The molecule has 0 bridgehead atoms. The SMILES string of the molecule is COc1cc(-c2cnc(N)nc2N)cc(C=CC(=O)N2CCc3ccccc3C2c2ccc(C#N)cc2)c1OC. The van der Waals surface area contributed by atoms with Crippen molar-refractivity contribution in [1.82, 2.24) is 14.9 Å². The van der Waals surface area contributed by atoms with Gasteiger partial charge < -0.3 is 25.8 Å². The summed E-state index contributed by atoms with van der Waals surface area (Å²) in [6, 6.07) is 21.0. The van der Waals surface area contributed by atoms with Gasteiger partial charge >= 0.3 is 0 Å². The molecule has 1 aromatic heterocycles. The molecule has 1 unspecified atom stereocenters. The second kappa shape index (κ2) is 11.2. The monoisotopic (exact) mass is 532 g/mol. The molecule has 0 saturated carbocycles. The van der Waals surface area contributed by atoms with Gasteiger partial charge in [0.25, 0.3) is 0 Å². The van der Waals surface area contributed by atoms with Crippen LogP contribution in [-0.2, 0) is 11.2 Å². The Morgan fingerprint density at radius 3 is 2.58 bits per heavy atom. The van der Waals surface area contributed by atoms with E-state index in [9.17, 15) is 10.1 Å². The first-order valence-electron chi connectivity index (χ1n) is 12.6. The van der Waals surface area contributed by atoms with Gasteiger partial charge in [0.05, 0.1) is 31.9 Å². The Labute approximate surface area is 232 Å². The molecule has 200 valence electrons. The van der Waals surface area contributed by atoms with Gasteiger partial charge in [-0.1, -0.05) is 36.4 Å². The maximum Gasteiger partial charge on any atom is 0.247 e. The van der Waals surface area contributed by atoms with Crippen molar-refractivity contribution in [2.75, 3.05) is 32.2 Å². The van der Waals surface area contributed by atoms with Crippen LogP contribution in [0.25, 0.3) is 17.2 Å². The Kier molecular flexibility index (Phi) is 7.33. The topological polar surface area (TPSA) is 140 Å². The zero-order valence-electron chi connectivity index (χ0n) is 22.2. The summed E-state index contributed by atoms with van der Waals surface area (Å²) in [5.74, 6) is 1.07. The van der Waals surface area contributed by atoms with Crippen molar-refractivity contribution in [3.63, 3.8) is 0 Å². The molecule has 1 atom stereocenters. The Bertz CT molecular complexity index is 1640. The highest BCUT2D eigenvalue weighted by Gasteiger charge is 2.31. The normalized spacial score (nSPS) is 14.4. The number of nitriles is 1. The molecule has 3 aromatic carbocycles. The summed E-state index contributed by atoms with van der Waals surface area (Å²) in [6.45, 7) is 0.546. The van der Waals surface area contributed by atoms with Gasteiger partial charge in [-0.05, 0) is 59.0 Å². The average molecular weight is 533 g/mol. The molecule has 40 heavy (non-hydrogen) atoms. The fraction of sp³-hybridized carbons (Fsp3) is 0.161. The predicted octanol–water partition coefficient (Wildman–Crippen LogP) is 4.38. The van der Waals surface area contributed by atoms with Crippen molar-refractivity contribution in [1.29, 1.82) is 5.26 Å². The minimum atomic E-state index is -0.288. The standard InChI is InChI=1S/C31H28N6O3/c1-39-26-16-23(25-18-35-31(34)36-30(25)33)15-22(29(26)40-2)11-12-27(38)37-14-13-20-5-3-4-6-24(20)28(37)21-9-7-19(17-32)8-10-21/h3-12,15-16,18,28H,13-14H2,1-2H3,(H4,33,34,35,36). The number of nitrogen functional groups attached to an aromatic ring is 2. The van der Waals surface area contributed by atoms with Crippen LogP contribution >= 0.6 is 0 Å². The molecule has 0 saturated heterocycles. The van der Waals surface area contributed by atoms with Gasteiger partial charge in [0.1, 0.15) is 5.82 Å². The lowest BCUT2D eigenvalue weighted by Crippen LogP contribution is -2.39.